The fourth-order valence-electron chi connectivity index (χ4n) is 2.92. The SMILES string of the molecule is CCc1nc2n(n1)[C@@H](CC(=O)Nc1ccc(Oc3ccccc3)cc1)C(=O)N2. The summed E-state index contributed by atoms with van der Waals surface area (Å²) in [5.74, 6) is 1.87. The summed E-state index contributed by atoms with van der Waals surface area (Å²) in [7, 11) is 0. The van der Waals surface area contributed by atoms with E-state index in [1.807, 2.05) is 37.3 Å². The molecule has 4 rings (SSSR count). The van der Waals surface area contributed by atoms with Crippen LogP contribution in [0.25, 0.3) is 0 Å². The first-order valence-corrected chi connectivity index (χ1v) is 9.01. The van der Waals surface area contributed by atoms with Crippen molar-refractivity contribution in [1.29, 1.82) is 0 Å². The normalized spacial score (nSPS) is 15.0. The smallest absolute Gasteiger partial charge is 0.252 e. The van der Waals surface area contributed by atoms with Crippen molar-refractivity contribution in [2.24, 2.45) is 0 Å². The molecule has 142 valence electrons. The van der Waals surface area contributed by atoms with Crippen LogP contribution in [-0.2, 0) is 16.0 Å². The third kappa shape index (κ3) is 3.71. The highest BCUT2D eigenvalue weighted by Gasteiger charge is 2.34. The number of fused-ring (bicyclic) bond motifs is 1. The number of rotatable bonds is 6. The Kier molecular flexibility index (Phi) is 4.76. The Balaban J connectivity index is 1.38. The van der Waals surface area contributed by atoms with Crippen molar-refractivity contribution < 1.29 is 14.3 Å². The lowest BCUT2D eigenvalue weighted by atomic mass is 10.2. The Morgan fingerprint density at radius 1 is 1.14 bits per heavy atom. The molecule has 1 aliphatic heterocycles. The van der Waals surface area contributed by atoms with Crippen LogP contribution in [0.2, 0.25) is 0 Å². The summed E-state index contributed by atoms with van der Waals surface area (Å²) in [5.41, 5.74) is 0.622. The highest BCUT2D eigenvalue weighted by atomic mass is 16.5. The van der Waals surface area contributed by atoms with E-state index in [0.717, 1.165) is 5.75 Å². The van der Waals surface area contributed by atoms with Crippen molar-refractivity contribution in [3.05, 3.63) is 60.4 Å². The largest absolute Gasteiger partial charge is 0.457 e. The molecule has 0 saturated heterocycles. The van der Waals surface area contributed by atoms with Gasteiger partial charge < -0.3 is 10.1 Å². The number of aryl methyl sites for hydroxylation is 1. The highest BCUT2D eigenvalue weighted by molar-refractivity contribution is 6.00. The van der Waals surface area contributed by atoms with Gasteiger partial charge in [-0.05, 0) is 36.4 Å². The molecule has 0 radical (unpaired) electrons. The van der Waals surface area contributed by atoms with E-state index in [0.29, 0.717) is 29.6 Å². The lowest BCUT2D eigenvalue weighted by molar-refractivity contribution is -0.123. The van der Waals surface area contributed by atoms with Crippen LogP contribution in [0.15, 0.2) is 54.6 Å². The van der Waals surface area contributed by atoms with Crippen LogP contribution in [-0.4, -0.2) is 26.6 Å². The van der Waals surface area contributed by atoms with Crippen LogP contribution in [0.3, 0.4) is 0 Å². The maximum absolute atomic E-state index is 12.4. The van der Waals surface area contributed by atoms with Crippen LogP contribution < -0.4 is 15.4 Å². The molecule has 0 bridgehead atoms. The van der Waals surface area contributed by atoms with Crippen molar-refractivity contribution in [2.75, 3.05) is 10.6 Å². The minimum absolute atomic E-state index is 0.0202. The molecule has 8 heteroatoms. The molecule has 0 spiro atoms. The summed E-state index contributed by atoms with van der Waals surface area (Å²) in [4.78, 5) is 28.7. The molecule has 1 atom stereocenters. The average Bonchev–Trinajstić information content (AvgIpc) is 3.22. The Labute approximate surface area is 161 Å². The molecule has 0 aliphatic carbocycles. The molecule has 2 aromatic carbocycles. The molecular weight excluding hydrogens is 358 g/mol. The van der Waals surface area contributed by atoms with Crippen molar-refractivity contribution in [1.82, 2.24) is 14.8 Å². The van der Waals surface area contributed by atoms with Gasteiger partial charge in [-0.15, -0.1) is 0 Å². The summed E-state index contributed by atoms with van der Waals surface area (Å²) < 4.78 is 7.21. The number of aromatic nitrogens is 3. The van der Waals surface area contributed by atoms with Gasteiger partial charge in [-0.25, -0.2) is 4.68 Å². The molecule has 2 N–H and O–H groups in total. The standard InChI is InChI=1S/C20H19N5O3/c1-2-17-22-20-23-19(27)16(25(20)24-17)12-18(26)21-13-8-10-15(11-9-13)28-14-6-4-3-5-7-14/h3-11,16H,2,12H2,1H3,(H,21,26)(H,22,23,24,27)/t16-/m0/s1. The van der Waals surface area contributed by atoms with E-state index in [-0.39, 0.29) is 18.2 Å². The van der Waals surface area contributed by atoms with E-state index in [1.54, 1.807) is 24.3 Å². The van der Waals surface area contributed by atoms with Gasteiger partial charge in [0.1, 0.15) is 17.5 Å². The minimum Gasteiger partial charge on any atom is -0.457 e. The number of nitrogens with zero attached hydrogens (tertiary/aromatic N) is 3. The van der Waals surface area contributed by atoms with Crippen molar-refractivity contribution in [2.45, 2.75) is 25.8 Å². The maximum atomic E-state index is 12.4. The maximum Gasteiger partial charge on any atom is 0.252 e. The predicted molar refractivity (Wildman–Crippen MR) is 103 cm³/mol. The topological polar surface area (TPSA) is 98.1 Å². The van der Waals surface area contributed by atoms with E-state index in [2.05, 4.69) is 20.7 Å². The lowest BCUT2D eigenvalue weighted by Crippen LogP contribution is -2.23. The molecule has 1 aliphatic rings. The van der Waals surface area contributed by atoms with Gasteiger partial charge in [0, 0.05) is 12.1 Å². The van der Waals surface area contributed by atoms with E-state index in [4.69, 9.17) is 4.74 Å². The number of nitrogens with one attached hydrogen (secondary N) is 2. The summed E-state index contributed by atoms with van der Waals surface area (Å²) in [6, 6.07) is 15.8. The summed E-state index contributed by atoms with van der Waals surface area (Å²) in [5, 5.41) is 9.73. The first kappa shape index (κ1) is 17.7. The van der Waals surface area contributed by atoms with Gasteiger partial charge >= 0.3 is 0 Å². The Bertz CT molecular complexity index is 998. The summed E-state index contributed by atoms with van der Waals surface area (Å²) in [6.07, 6.45) is 0.639. The molecule has 8 nitrogen and oxygen atoms in total. The second kappa shape index (κ2) is 7.51. The first-order chi connectivity index (χ1) is 13.6. The zero-order chi connectivity index (χ0) is 19.5. The van der Waals surface area contributed by atoms with Crippen LogP contribution >= 0.6 is 0 Å². The van der Waals surface area contributed by atoms with E-state index < -0.39 is 6.04 Å². The molecule has 1 aromatic heterocycles. The number of amides is 2. The van der Waals surface area contributed by atoms with Gasteiger partial charge in [-0.2, -0.15) is 10.1 Å². The van der Waals surface area contributed by atoms with Gasteiger partial charge in [0.05, 0.1) is 6.42 Å². The van der Waals surface area contributed by atoms with Crippen LogP contribution in [0.5, 0.6) is 11.5 Å². The minimum atomic E-state index is -0.691. The second-order valence-electron chi connectivity index (χ2n) is 6.35. The molecule has 0 fully saturated rings. The van der Waals surface area contributed by atoms with Crippen molar-refractivity contribution in [3.63, 3.8) is 0 Å². The number of carbonyl (C=O) groups excluding carboxylic acids is 2. The Hall–Kier alpha value is -3.68. The number of hydrogen-bond acceptors (Lipinski definition) is 5. The summed E-state index contributed by atoms with van der Waals surface area (Å²) >= 11 is 0. The quantitative estimate of drug-likeness (QED) is 0.688. The number of ether oxygens (including phenoxy) is 1. The molecule has 2 heterocycles. The molecule has 28 heavy (non-hydrogen) atoms. The summed E-state index contributed by atoms with van der Waals surface area (Å²) in [6.45, 7) is 1.93. The third-order valence-electron chi connectivity index (χ3n) is 4.32. The Morgan fingerprint density at radius 2 is 1.86 bits per heavy atom. The van der Waals surface area contributed by atoms with Gasteiger partial charge in [0.2, 0.25) is 11.9 Å². The third-order valence-corrected chi connectivity index (χ3v) is 4.32. The molecule has 0 saturated carbocycles. The first-order valence-electron chi connectivity index (χ1n) is 9.01. The second-order valence-corrected chi connectivity index (χ2v) is 6.35. The van der Waals surface area contributed by atoms with E-state index in [9.17, 15) is 9.59 Å². The number of para-hydroxylation sites is 1. The van der Waals surface area contributed by atoms with Crippen LogP contribution in [0.4, 0.5) is 11.6 Å². The number of benzene rings is 2. The van der Waals surface area contributed by atoms with Gasteiger partial charge in [0.25, 0.3) is 5.91 Å². The van der Waals surface area contributed by atoms with Crippen molar-refractivity contribution in [3.8, 4) is 11.5 Å². The van der Waals surface area contributed by atoms with Crippen LogP contribution in [0, 0.1) is 0 Å². The molecule has 2 amide bonds. The molecule has 3 aromatic rings. The Morgan fingerprint density at radius 3 is 2.57 bits per heavy atom. The van der Waals surface area contributed by atoms with E-state index in [1.165, 1.54) is 4.68 Å². The number of hydrogen-bond donors (Lipinski definition) is 2. The highest BCUT2D eigenvalue weighted by Crippen LogP contribution is 2.26. The number of anilines is 2. The van der Waals surface area contributed by atoms with Gasteiger partial charge in [0.15, 0.2) is 5.82 Å². The average molecular weight is 377 g/mol. The molecule has 0 unspecified atom stereocenters. The number of carbonyl (C=O) groups is 2. The van der Waals surface area contributed by atoms with Gasteiger partial charge in [-0.1, -0.05) is 25.1 Å². The zero-order valence-corrected chi connectivity index (χ0v) is 15.3. The van der Waals surface area contributed by atoms with Crippen molar-refractivity contribution >= 4 is 23.5 Å². The monoisotopic (exact) mass is 377 g/mol. The van der Waals surface area contributed by atoms with Gasteiger partial charge in [-0.3, -0.25) is 14.9 Å². The fraction of sp³-hybridized carbons (Fsp3) is 0.200. The molecular formula is C20H19N5O3. The van der Waals surface area contributed by atoms with Crippen LogP contribution in [0.1, 0.15) is 25.2 Å². The fourth-order valence-corrected chi connectivity index (χ4v) is 2.92. The lowest BCUT2D eigenvalue weighted by Gasteiger charge is -2.10. The zero-order valence-electron chi connectivity index (χ0n) is 15.3. The van der Waals surface area contributed by atoms with E-state index >= 15 is 0 Å². The predicted octanol–water partition coefficient (Wildman–Crippen LogP) is 3.15.